The smallest absolute Gasteiger partial charge is 0.290 e. The van der Waals surface area contributed by atoms with E-state index in [-0.39, 0.29) is 11.9 Å². The number of nitrogens with zero attached hydrogens (tertiary/aromatic N) is 1. The number of hydrogen-bond donors (Lipinski definition) is 1. The van der Waals surface area contributed by atoms with E-state index in [4.69, 9.17) is 14.4 Å². The second kappa shape index (κ2) is 7.08. The molecule has 2 fully saturated rings. The number of phenolic OH excluding ortho intramolecular Hbond substituents is 1. The highest BCUT2D eigenvalue weighted by molar-refractivity contribution is 6.51. The van der Waals surface area contributed by atoms with Crippen LogP contribution in [0.4, 0.5) is 0 Å². The predicted octanol–water partition coefficient (Wildman–Crippen LogP) is 4.51. The van der Waals surface area contributed by atoms with Crippen LogP contribution in [0.1, 0.15) is 37.3 Å². The molecule has 2 aromatic rings. The van der Waals surface area contributed by atoms with Crippen molar-refractivity contribution in [2.24, 2.45) is 0 Å². The van der Waals surface area contributed by atoms with Gasteiger partial charge in [0.1, 0.15) is 0 Å². The molecule has 2 aliphatic rings. The molecule has 1 aromatic heterocycles. The first-order chi connectivity index (χ1) is 12.2. The quantitative estimate of drug-likeness (QED) is 0.834. The van der Waals surface area contributed by atoms with Gasteiger partial charge in [0.05, 0.1) is 11.8 Å². The lowest BCUT2D eigenvalue weighted by molar-refractivity contribution is 0.202. The van der Waals surface area contributed by atoms with Crippen molar-refractivity contribution < 1.29 is 14.5 Å². The molecule has 0 bridgehead atoms. The molecule has 1 aliphatic carbocycles. The summed E-state index contributed by atoms with van der Waals surface area (Å²) in [5.74, 6) is 1.13. The van der Waals surface area contributed by atoms with Gasteiger partial charge in [-0.1, -0.05) is 12.9 Å². The summed E-state index contributed by atoms with van der Waals surface area (Å²) in [7, 11) is 0. The zero-order chi connectivity index (χ0) is 17.2. The highest BCUT2D eigenvalue weighted by Crippen LogP contribution is 2.35. The van der Waals surface area contributed by atoms with Crippen LogP contribution in [0.25, 0.3) is 11.3 Å². The van der Waals surface area contributed by atoms with Crippen molar-refractivity contribution in [1.82, 2.24) is 4.98 Å². The monoisotopic (exact) mass is 337 g/mol. The molecule has 1 atom stereocenters. The van der Waals surface area contributed by atoms with Crippen molar-refractivity contribution in [3.8, 4) is 22.8 Å². The first kappa shape index (κ1) is 16.5. The van der Waals surface area contributed by atoms with Gasteiger partial charge in [-0.3, -0.25) is 4.98 Å². The van der Waals surface area contributed by atoms with E-state index in [0.717, 1.165) is 42.7 Å². The third kappa shape index (κ3) is 3.66. The van der Waals surface area contributed by atoms with Crippen LogP contribution in [0.3, 0.4) is 0 Å². The molecular weight excluding hydrogens is 313 g/mol. The molecule has 1 saturated heterocycles. The van der Waals surface area contributed by atoms with Crippen molar-refractivity contribution in [3.05, 3.63) is 42.1 Å². The van der Waals surface area contributed by atoms with Crippen LogP contribution in [0.15, 0.2) is 36.4 Å². The van der Waals surface area contributed by atoms with Gasteiger partial charge in [0.25, 0.3) is 6.92 Å². The van der Waals surface area contributed by atoms with Crippen LogP contribution in [-0.4, -0.2) is 29.7 Å². The van der Waals surface area contributed by atoms with Gasteiger partial charge in [-0.15, -0.1) is 0 Å². The van der Waals surface area contributed by atoms with E-state index in [1.165, 1.54) is 12.8 Å². The summed E-state index contributed by atoms with van der Waals surface area (Å²) in [5.41, 5.74) is 2.96. The number of pyridine rings is 1. The Morgan fingerprint density at radius 2 is 2.04 bits per heavy atom. The zero-order valence-corrected chi connectivity index (χ0v) is 14.6. The van der Waals surface area contributed by atoms with E-state index in [2.05, 4.69) is 12.9 Å². The first-order valence-corrected chi connectivity index (χ1v) is 9.27. The van der Waals surface area contributed by atoms with Crippen molar-refractivity contribution in [1.29, 1.82) is 0 Å². The molecule has 1 aliphatic heterocycles. The number of rotatable bonds is 4. The van der Waals surface area contributed by atoms with Crippen LogP contribution in [0, 0.1) is 0 Å². The zero-order valence-electron chi connectivity index (χ0n) is 14.6. The standard InChI is InChI=1S/C20H24BNO3/c1-21-12-15(13-24-21)18-8-4-7-17(22-18)14-9-10-19(23)20(11-14)25-16-5-2-3-6-16/h4,7-11,15-16,23H,2-3,5-6,12-13H2,1H3. The van der Waals surface area contributed by atoms with Gasteiger partial charge in [0, 0.05) is 23.8 Å². The Kier molecular flexibility index (Phi) is 4.66. The van der Waals surface area contributed by atoms with Gasteiger partial charge in [-0.05, 0) is 62.3 Å². The molecule has 25 heavy (non-hydrogen) atoms. The molecule has 4 nitrogen and oxygen atoms in total. The first-order valence-electron chi connectivity index (χ1n) is 9.27. The second-order valence-corrected chi connectivity index (χ2v) is 7.23. The van der Waals surface area contributed by atoms with Gasteiger partial charge in [0.15, 0.2) is 11.5 Å². The molecule has 0 spiro atoms. The predicted molar refractivity (Wildman–Crippen MR) is 99.3 cm³/mol. The summed E-state index contributed by atoms with van der Waals surface area (Å²) in [5, 5.41) is 10.1. The van der Waals surface area contributed by atoms with E-state index in [9.17, 15) is 5.11 Å². The maximum Gasteiger partial charge on any atom is 0.290 e. The lowest BCUT2D eigenvalue weighted by Gasteiger charge is -2.15. The Morgan fingerprint density at radius 3 is 2.80 bits per heavy atom. The van der Waals surface area contributed by atoms with Gasteiger partial charge in [0.2, 0.25) is 0 Å². The molecule has 1 N–H and O–H groups in total. The minimum Gasteiger partial charge on any atom is -0.504 e. The van der Waals surface area contributed by atoms with Gasteiger partial charge in [-0.25, -0.2) is 0 Å². The molecule has 0 radical (unpaired) electrons. The summed E-state index contributed by atoms with van der Waals surface area (Å²) < 4.78 is 11.7. The van der Waals surface area contributed by atoms with Crippen LogP contribution in [0.5, 0.6) is 11.5 Å². The van der Waals surface area contributed by atoms with Crippen LogP contribution in [0.2, 0.25) is 13.1 Å². The molecule has 1 aromatic carbocycles. The van der Waals surface area contributed by atoms with Crippen LogP contribution < -0.4 is 4.74 Å². The molecule has 1 saturated carbocycles. The summed E-state index contributed by atoms with van der Waals surface area (Å²) in [4.78, 5) is 4.84. The van der Waals surface area contributed by atoms with Gasteiger partial charge >= 0.3 is 0 Å². The Morgan fingerprint density at radius 1 is 1.20 bits per heavy atom. The van der Waals surface area contributed by atoms with Crippen LogP contribution in [-0.2, 0) is 4.65 Å². The van der Waals surface area contributed by atoms with E-state index >= 15 is 0 Å². The van der Waals surface area contributed by atoms with Crippen molar-refractivity contribution >= 4 is 6.92 Å². The minimum atomic E-state index is 0.199. The Bertz CT molecular complexity index is 745. The van der Waals surface area contributed by atoms with Crippen LogP contribution >= 0.6 is 0 Å². The summed E-state index contributed by atoms with van der Waals surface area (Å²) in [6.45, 7) is 3.15. The Hall–Kier alpha value is -2.01. The molecular formula is C20H24BNO3. The maximum atomic E-state index is 10.1. The highest BCUT2D eigenvalue weighted by atomic mass is 16.5. The summed E-state index contributed by atoms with van der Waals surface area (Å²) in [6, 6.07) is 11.6. The third-order valence-electron chi connectivity index (χ3n) is 5.24. The van der Waals surface area contributed by atoms with E-state index in [0.29, 0.717) is 18.6 Å². The fourth-order valence-corrected chi connectivity index (χ4v) is 3.82. The average Bonchev–Trinajstić information content (AvgIpc) is 3.29. The van der Waals surface area contributed by atoms with Gasteiger partial charge < -0.3 is 14.5 Å². The fraction of sp³-hybridized carbons (Fsp3) is 0.450. The number of aromatic nitrogens is 1. The Labute approximate surface area is 149 Å². The number of phenols is 1. The molecule has 5 heteroatoms. The van der Waals surface area contributed by atoms with E-state index < -0.39 is 0 Å². The molecule has 0 amide bonds. The largest absolute Gasteiger partial charge is 0.504 e. The molecule has 4 rings (SSSR count). The lowest BCUT2D eigenvalue weighted by atomic mass is 9.66. The normalized spacial score (nSPS) is 21.0. The summed E-state index contributed by atoms with van der Waals surface area (Å²) >= 11 is 0. The number of hydrogen-bond acceptors (Lipinski definition) is 4. The fourth-order valence-electron chi connectivity index (χ4n) is 3.82. The SMILES string of the molecule is CB1CC(c2cccc(-c3ccc(O)c(OC4CCCC4)c3)n2)CO1. The number of ether oxygens (including phenoxy) is 1. The number of aromatic hydroxyl groups is 1. The highest BCUT2D eigenvalue weighted by Gasteiger charge is 2.27. The number of benzene rings is 1. The lowest BCUT2D eigenvalue weighted by Crippen LogP contribution is -2.11. The Balaban J connectivity index is 1.58. The van der Waals surface area contributed by atoms with E-state index in [1.807, 2.05) is 24.3 Å². The molecule has 1 unspecified atom stereocenters. The third-order valence-corrected chi connectivity index (χ3v) is 5.24. The average molecular weight is 337 g/mol. The maximum absolute atomic E-state index is 10.1. The topological polar surface area (TPSA) is 51.6 Å². The van der Waals surface area contributed by atoms with Crippen molar-refractivity contribution in [2.75, 3.05) is 6.61 Å². The summed E-state index contributed by atoms with van der Waals surface area (Å²) in [6.07, 6.45) is 5.78. The van der Waals surface area contributed by atoms with Gasteiger partial charge in [-0.2, -0.15) is 0 Å². The molecule has 2 heterocycles. The van der Waals surface area contributed by atoms with Crippen molar-refractivity contribution in [2.45, 2.75) is 50.8 Å². The minimum absolute atomic E-state index is 0.199. The van der Waals surface area contributed by atoms with Crippen molar-refractivity contribution in [3.63, 3.8) is 0 Å². The molecule has 130 valence electrons. The second-order valence-electron chi connectivity index (χ2n) is 7.23. The van der Waals surface area contributed by atoms with E-state index in [1.54, 1.807) is 6.07 Å².